The zero-order valence-corrected chi connectivity index (χ0v) is 15.9. The minimum atomic E-state index is 0. The van der Waals surface area contributed by atoms with E-state index < -0.39 is 0 Å². The number of benzene rings is 4. The third-order valence-corrected chi connectivity index (χ3v) is 6.58. The molecule has 0 unspecified atom stereocenters. The third-order valence-electron chi connectivity index (χ3n) is 6.58. The molecule has 0 N–H and O–H groups in total. The molecule has 0 saturated carbocycles. The lowest BCUT2D eigenvalue weighted by Crippen LogP contribution is -2.43. The third kappa shape index (κ3) is 2.71. The lowest BCUT2D eigenvalue weighted by molar-refractivity contribution is -0.529. The van der Waals surface area contributed by atoms with Crippen LogP contribution >= 0.6 is 0 Å². The van der Waals surface area contributed by atoms with Crippen molar-refractivity contribution in [2.45, 2.75) is 26.7 Å². The van der Waals surface area contributed by atoms with Crippen molar-refractivity contribution in [1.29, 1.82) is 0 Å². The summed E-state index contributed by atoms with van der Waals surface area (Å²) in [6, 6.07) is 19.2. The topological polar surface area (TPSA) is 23.3 Å². The van der Waals surface area contributed by atoms with Crippen molar-refractivity contribution in [3.8, 4) is 0 Å². The number of Topliss-reactive ketones (excluding diaryl/α,β-unsaturated/α-hetero) is 1. The fourth-order valence-corrected chi connectivity index (χ4v) is 5.30. The van der Waals surface area contributed by atoms with Crippen molar-refractivity contribution in [3.05, 3.63) is 60.2 Å². The van der Waals surface area contributed by atoms with Crippen LogP contribution in [0.15, 0.2) is 54.6 Å². The highest BCUT2D eigenvalue weighted by Gasteiger charge is 2.32. The van der Waals surface area contributed by atoms with Gasteiger partial charge in [-0.3, -0.25) is 14.3 Å². The predicted octanol–water partition coefficient (Wildman–Crippen LogP) is 5.31. The zero-order valence-electron chi connectivity index (χ0n) is 15.9. The molecule has 0 amide bonds. The highest BCUT2D eigenvalue weighted by Crippen LogP contribution is 2.36. The summed E-state index contributed by atoms with van der Waals surface area (Å²) >= 11 is 0. The maximum absolute atomic E-state index is 13.4. The minimum Gasteiger partial charge on any atom is -0.290 e. The Hall–Kier alpha value is -2.94. The van der Waals surface area contributed by atoms with Crippen molar-refractivity contribution in [2.75, 3.05) is 26.2 Å². The van der Waals surface area contributed by atoms with Gasteiger partial charge in [0.05, 0.1) is 26.1 Å². The molecule has 4 aromatic rings. The van der Waals surface area contributed by atoms with E-state index in [9.17, 15) is 4.79 Å². The first-order valence-corrected chi connectivity index (χ1v) is 10.3. The van der Waals surface area contributed by atoms with Gasteiger partial charge in [0, 0.05) is 12.0 Å². The van der Waals surface area contributed by atoms with Crippen molar-refractivity contribution in [1.82, 2.24) is 4.90 Å². The van der Waals surface area contributed by atoms with Crippen LogP contribution in [0, 0.1) is 0 Å². The second-order valence-corrected chi connectivity index (χ2v) is 8.17. The molecule has 146 valence electrons. The molecule has 0 aliphatic carbocycles. The zero-order chi connectivity index (χ0) is 18.7. The van der Waals surface area contributed by atoms with E-state index >= 15 is 0 Å². The highest BCUT2D eigenvalue weighted by molar-refractivity contribution is 6.26. The maximum atomic E-state index is 13.4. The average Bonchev–Trinajstić information content (AvgIpc) is 3.22. The number of amidine groups is 1. The van der Waals surface area contributed by atoms with Crippen LogP contribution in [0.1, 0.15) is 37.0 Å². The van der Waals surface area contributed by atoms with Crippen LogP contribution in [0.25, 0.3) is 32.3 Å². The summed E-state index contributed by atoms with van der Waals surface area (Å²) in [5.41, 5.74) is 0.862. The number of hydrogen-bond donors (Lipinski definition) is 0. The van der Waals surface area contributed by atoms with Gasteiger partial charge in [-0.15, -0.1) is 0 Å². The summed E-state index contributed by atoms with van der Waals surface area (Å²) in [7, 11) is 0. The Kier molecular flexibility index (Phi) is 4.27. The first kappa shape index (κ1) is 18.1. The molecule has 0 fully saturated rings. The lowest BCUT2D eigenvalue weighted by atomic mass is 9.91. The molecule has 2 heterocycles. The van der Waals surface area contributed by atoms with Gasteiger partial charge in [0.1, 0.15) is 6.54 Å². The number of rotatable bonds is 3. The molecule has 29 heavy (non-hydrogen) atoms. The van der Waals surface area contributed by atoms with E-state index in [2.05, 4.69) is 58.0 Å². The molecular weight excluding hydrogens is 356 g/mol. The summed E-state index contributed by atoms with van der Waals surface area (Å²) in [6.45, 7) is 3.80. The van der Waals surface area contributed by atoms with Crippen LogP contribution in [0.2, 0.25) is 0 Å². The Morgan fingerprint density at radius 1 is 0.862 bits per heavy atom. The van der Waals surface area contributed by atoms with E-state index in [-0.39, 0.29) is 13.2 Å². The van der Waals surface area contributed by atoms with Gasteiger partial charge in [0.25, 0.3) is 0 Å². The number of ketones is 1. The Morgan fingerprint density at radius 2 is 1.55 bits per heavy atom. The molecule has 2 aliphatic rings. The first-order valence-electron chi connectivity index (χ1n) is 10.3. The average molecular weight is 384 g/mol. The quantitative estimate of drug-likeness (QED) is 0.272. The van der Waals surface area contributed by atoms with Gasteiger partial charge in [-0.2, -0.15) is 0 Å². The fourth-order valence-electron chi connectivity index (χ4n) is 5.30. The largest absolute Gasteiger partial charge is 0.290 e. The van der Waals surface area contributed by atoms with E-state index in [0.29, 0.717) is 6.54 Å². The number of carbonyl (C=O) groups excluding carboxylic acids is 1. The van der Waals surface area contributed by atoms with E-state index in [1.54, 1.807) is 0 Å². The van der Waals surface area contributed by atoms with Crippen LogP contribution < -0.4 is 0 Å². The van der Waals surface area contributed by atoms with Gasteiger partial charge in [-0.1, -0.05) is 62.0 Å². The van der Waals surface area contributed by atoms with E-state index in [1.807, 2.05) is 6.07 Å². The summed E-state index contributed by atoms with van der Waals surface area (Å²) in [4.78, 5) is 15.7. The number of carbonyl (C=O) groups is 1. The van der Waals surface area contributed by atoms with Crippen molar-refractivity contribution < 1.29 is 9.37 Å². The number of hydrogen-bond acceptors (Lipinski definition) is 2. The van der Waals surface area contributed by atoms with Gasteiger partial charge >= 0.3 is 0 Å². The molecule has 0 saturated heterocycles. The molecule has 2 aliphatic heterocycles. The minimum absolute atomic E-state index is 0. The van der Waals surface area contributed by atoms with Crippen molar-refractivity contribution >= 4 is 43.9 Å². The van der Waals surface area contributed by atoms with Gasteiger partial charge < -0.3 is 0 Å². The van der Waals surface area contributed by atoms with Crippen molar-refractivity contribution in [3.63, 3.8) is 0 Å². The molecular formula is C26H27N2O+. The van der Waals surface area contributed by atoms with Gasteiger partial charge in [0.2, 0.25) is 11.6 Å². The summed E-state index contributed by atoms with van der Waals surface area (Å²) < 4.78 is 2.47. The predicted molar refractivity (Wildman–Crippen MR) is 122 cm³/mol. The van der Waals surface area contributed by atoms with E-state index in [4.69, 9.17) is 0 Å². The van der Waals surface area contributed by atoms with Crippen molar-refractivity contribution in [2.24, 2.45) is 0 Å². The molecule has 0 bridgehead atoms. The highest BCUT2D eigenvalue weighted by atomic mass is 16.1. The molecule has 3 heteroatoms. The molecule has 4 aromatic carbocycles. The van der Waals surface area contributed by atoms with Crippen LogP contribution in [-0.2, 0) is 0 Å². The van der Waals surface area contributed by atoms with E-state index in [1.165, 1.54) is 39.2 Å². The Balaban J connectivity index is 0.00000181. The van der Waals surface area contributed by atoms with Gasteiger partial charge in [-0.05, 0) is 38.7 Å². The van der Waals surface area contributed by atoms with Gasteiger partial charge in [0.15, 0.2) is 0 Å². The first-order chi connectivity index (χ1) is 13.8. The molecule has 0 spiro atoms. The molecule has 0 aromatic heterocycles. The Labute approximate surface area is 171 Å². The molecule has 0 atom stereocenters. The second-order valence-electron chi connectivity index (χ2n) is 8.17. The van der Waals surface area contributed by atoms with Crippen LogP contribution in [0.3, 0.4) is 0 Å². The standard InChI is InChI=1S/C25H23N2O.CH4/c28-22(16-27-15-3-14-26-13-2-6-23(26)27)20-11-9-19-8-7-17-4-1-5-18-10-12-21(20)25(19)24(17)18;/h1,4-5,7-12H,2-3,6,13-16H2;1H4/q+1;. The lowest BCUT2D eigenvalue weighted by Gasteiger charge is -2.23. The van der Waals surface area contributed by atoms with Crippen LogP contribution in [0.5, 0.6) is 0 Å². The normalized spacial score (nSPS) is 16.6. The summed E-state index contributed by atoms with van der Waals surface area (Å²) in [5, 5.41) is 7.31. The Bertz CT molecular complexity index is 1250. The Morgan fingerprint density at radius 3 is 2.38 bits per heavy atom. The molecule has 0 radical (unpaired) electrons. The maximum Gasteiger partial charge on any atom is 0.247 e. The summed E-state index contributed by atoms with van der Waals surface area (Å²) in [6.07, 6.45) is 3.49. The molecule has 3 nitrogen and oxygen atoms in total. The fraction of sp³-hybridized carbons (Fsp3) is 0.308. The summed E-state index contributed by atoms with van der Waals surface area (Å²) in [5.74, 6) is 1.62. The number of nitrogens with zero attached hydrogens (tertiary/aromatic N) is 2. The van der Waals surface area contributed by atoms with Gasteiger partial charge in [-0.25, -0.2) is 0 Å². The monoisotopic (exact) mass is 383 g/mol. The SMILES string of the molecule is C.O=C(CN1CCC[N+]2=C1CCC2)c1ccc2ccc3cccc4ccc1c2c34. The second kappa shape index (κ2) is 6.84. The van der Waals surface area contributed by atoms with E-state index in [0.717, 1.165) is 43.4 Å². The van der Waals surface area contributed by atoms with Crippen LogP contribution in [0.4, 0.5) is 0 Å². The smallest absolute Gasteiger partial charge is 0.247 e. The molecule has 6 rings (SSSR count). The van der Waals surface area contributed by atoms with Crippen LogP contribution in [-0.4, -0.2) is 47.3 Å².